The molecule has 5 heteroatoms. The van der Waals surface area contributed by atoms with Crippen molar-refractivity contribution in [3.8, 4) is 5.75 Å². The first-order valence-corrected chi connectivity index (χ1v) is 7.44. The molecule has 0 bridgehead atoms. The van der Waals surface area contributed by atoms with E-state index in [2.05, 4.69) is 40.9 Å². The summed E-state index contributed by atoms with van der Waals surface area (Å²) in [5.41, 5.74) is 2.15. The molecule has 0 saturated carbocycles. The maximum absolute atomic E-state index is 6.10. The zero-order chi connectivity index (χ0) is 13.8. The Balaban J connectivity index is 2.13. The van der Waals surface area contributed by atoms with Crippen LogP contribution >= 0.6 is 27.5 Å². The summed E-state index contributed by atoms with van der Waals surface area (Å²) in [6.07, 6.45) is 0.928. The number of rotatable bonds is 5. The maximum Gasteiger partial charge on any atom is 0.139 e. The van der Waals surface area contributed by atoms with Gasteiger partial charge in [0.15, 0.2) is 0 Å². The second-order valence-corrected chi connectivity index (χ2v) is 5.48. The highest BCUT2D eigenvalue weighted by molar-refractivity contribution is 9.10. The molecule has 0 fully saturated rings. The molecule has 0 amide bonds. The molecule has 0 atom stereocenters. The van der Waals surface area contributed by atoms with Gasteiger partial charge in [-0.05, 0) is 37.6 Å². The molecule has 0 aliphatic heterocycles. The second-order valence-electron chi connectivity index (χ2n) is 4.16. The first-order chi connectivity index (χ1) is 9.13. The minimum atomic E-state index is 0.469. The monoisotopic (exact) mass is 342 g/mol. The van der Waals surface area contributed by atoms with Gasteiger partial charge in [0.25, 0.3) is 0 Å². The third-order valence-electron chi connectivity index (χ3n) is 2.84. The van der Waals surface area contributed by atoms with Gasteiger partial charge in [0.1, 0.15) is 12.4 Å². The minimum absolute atomic E-state index is 0.469. The Morgan fingerprint density at radius 2 is 2.11 bits per heavy atom. The van der Waals surface area contributed by atoms with Crippen LogP contribution in [-0.2, 0) is 19.6 Å². The topological polar surface area (TPSA) is 27.1 Å². The lowest BCUT2D eigenvalue weighted by Crippen LogP contribution is -2.06. The lowest BCUT2D eigenvalue weighted by molar-refractivity contribution is 0.292. The molecular weight excluding hydrogens is 328 g/mol. The van der Waals surface area contributed by atoms with Crippen LogP contribution in [0.25, 0.3) is 0 Å². The van der Waals surface area contributed by atoms with Crippen molar-refractivity contribution in [2.75, 3.05) is 0 Å². The van der Waals surface area contributed by atoms with Crippen LogP contribution in [-0.4, -0.2) is 9.78 Å². The summed E-state index contributed by atoms with van der Waals surface area (Å²) in [5.74, 6) is 0.679. The quantitative estimate of drug-likeness (QED) is 0.801. The third kappa shape index (κ3) is 3.51. The number of aryl methyl sites for hydroxylation is 2. The summed E-state index contributed by atoms with van der Waals surface area (Å²) < 4.78 is 8.69. The number of ether oxygens (including phenoxy) is 1. The van der Waals surface area contributed by atoms with Crippen molar-refractivity contribution in [1.82, 2.24) is 9.78 Å². The molecule has 1 aromatic heterocycles. The summed E-state index contributed by atoms with van der Waals surface area (Å²) in [5, 5.41) is 5.11. The summed E-state index contributed by atoms with van der Waals surface area (Å²) in [7, 11) is 0. The zero-order valence-corrected chi connectivity index (χ0v) is 13.3. The first-order valence-electron chi connectivity index (χ1n) is 6.27. The Morgan fingerprint density at radius 3 is 2.79 bits per heavy atom. The van der Waals surface area contributed by atoms with Gasteiger partial charge in [-0.2, -0.15) is 5.10 Å². The van der Waals surface area contributed by atoms with Crippen molar-refractivity contribution in [3.63, 3.8) is 0 Å². The molecule has 3 nitrogen and oxygen atoms in total. The number of benzene rings is 1. The van der Waals surface area contributed by atoms with Crippen molar-refractivity contribution < 1.29 is 4.74 Å². The lowest BCUT2D eigenvalue weighted by Gasteiger charge is -2.09. The van der Waals surface area contributed by atoms with Gasteiger partial charge in [0.05, 0.1) is 16.4 Å². The minimum Gasteiger partial charge on any atom is -0.486 e. The van der Waals surface area contributed by atoms with Gasteiger partial charge in [0.2, 0.25) is 0 Å². The number of hydrogen-bond donors (Lipinski definition) is 0. The van der Waals surface area contributed by atoms with E-state index in [0.29, 0.717) is 17.4 Å². The molecule has 0 aliphatic rings. The fraction of sp³-hybridized carbons (Fsp3) is 0.357. The van der Waals surface area contributed by atoms with Gasteiger partial charge in [0, 0.05) is 11.0 Å². The first kappa shape index (κ1) is 14.4. The highest BCUT2D eigenvalue weighted by atomic mass is 79.9. The molecule has 0 unspecified atom stereocenters. The van der Waals surface area contributed by atoms with Crippen LogP contribution in [0.2, 0.25) is 5.02 Å². The molecule has 1 heterocycles. The van der Waals surface area contributed by atoms with Crippen molar-refractivity contribution >= 4 is 27.5 Å². The molecule has 0 radical (unpaired) electrons. The molecule has 0 saturated heterocycles. The van der Waals surface area contributed by atoms with Crippen LogP contribution in [0, 0.1) is 0 Å². The number of aromatic nitrogens is 2. The Hall–Kier alpha value is -1.00. The number of halogens is 2. The van der Waals surface area contributed by atoms with E-state index in [9.17, 15) is 0 Å². The van der Waals surface area contributed by atoms with Crippen molar-refractivity contribution in [2.45, 2.75) is 33.4 Å². The normalized spacial score (nSPS) is 10.7. The zero-order valence-electron chi connectivity index (χ0n) is 11.0. The van der Waals surface area contributed by atoms with Crippen LogP contribution in [0.3, 0.4) is 0 Å². The highest BCUT2D eigenvalue weighted by Crippen LogP contribution is 2.28. The van der Waals surface area contributed by atoms with Crippen LogP contribution < -0.4 is 4.74 Å². The predicted molar refractivity (Wildman–Crippen MR) is 80.8 cm³/mol. The van der Waals surface area contributed by atoms with E-state index in [4.69, 9.17) is 16.3 Å². The average molecular weight is 344 g/mol. The van der Waals surface area contributed by atoms with Crippen LogP contribution in [0.15, 0.2) is 28.7 Å². The van der Waals surface area contributed by atoms with Crippen molar-refractivity contribution in [1.29, 1.82) is 0 Å². The average Bonchev–Trinajstić information content (AvgIpc) is 2.82. The second kappa shape index (κ2) is 6.44. The predicted octanol–water partition coefficient (Wildman–Crippen LogP) is 4.46. The number of nitrogens with zero attached hydrogens (tertiary/aromatic N) is 2. The standard InChI is InChI=1S/C14H16BrClN2O/c1-3-11-8-12(18(4-2)17-11)9-19-14-7-10(15)5-6-13(14)16/h5-8H,3-4,9H2,1-2H3. The van der Waals surface area contributed by atoms with Crippen molar-refractivity contribution in [2.24, 2.45) is 0 Å². The molecule has 1 aromatic carbocycles. The Morgan fingerprint density at radius 1 is 1.32 bits per heavy atom. The number of hydrogen-bond acceptors (Lipinski definition) is 2. The van der Waals surface area contributed by atoms with Gasteiger partial charge in [-0.25, -0.2) is 0 Å². The Labute approximate surface area is 126 Å². The van der Waals surface area contributed by atoms with Gasteiger partial charge in [-0.1, -0.05) is 34.5 Å². The highest BCUT2D eigenvalue weighted by Gasteiger charge is 2.08. The molecule has 2 rings (SSSR count). The van der Waals surface area contributed by atoms with Crippen LogP contribution in [0.4, 0.5) is 0 Å². The van der Waals surface area contributed by atoms with Crippen LogP contribution in [0.5, 0.6) is 5.75 Å². The molecule has 0 N–H and O–H groups in total. The van der Waals surface area contributed by atoms with Gasteiger partial charge in [-0.15, -0.1) is 0 Å². The van der Waals surface area contributed by atoms with E-state index in [1.165, 1.54) is 0 Å². The molecule has 102 valence electrons. The largest absolute Gasteiger partial charge is 0.486 e. The summed E-state index contributed by atoms with van der Waals surface area (Å²) in [4.78, 5) is 0. The van der Waals surface area contributed by atoms with Gasteiger partial charge < -0.3 is 4.74 Å². The molecule has 19 heavy (non-hydrogen) atoms. The summed E-state index contributed by atoms with van der Waals surface area (Å²) in [6, 6.07) is 7.65. The van der Waals surface area contributed by atoms with E-state index in [0.717, 1.165) is 28.8 Å². The third-order valence-corrected chi connectivity index (χ3v) is 3.65. The Kier molecular flexibility index (Phi) is 4.88. The SMILES string of the molecule is CCc1cc(COc2cc(Br)ccc2Cl)n(CC)n1. The summed E-state index contributed by atoms with van der Waals surface area (Å²) >= 11 is 9.51. The van der Waals surface area contributed by atoms with E-state index in [-0.39, 0.29) is 0 Å². The van der Waals surface area contributed by atoms with E-state index in [1.54, 1.807) is 0 Å². The maximum atomic E-state index is 6.10. The molecule has 0 spiro atoms. The van der Waals surface area contributed by atoms with Crippen molar-refractivity contribution in [3.05, 3.63) is 45.1 Å². The molecular formula is C14H16BrClN2O. The van der Waals surface area contributed by atoms with E-state index >= 15 is 0 Å². The van der Waals surface area contributed by atoms with Gasteiger partial charge in [-0.3, -0.25) is 4.68 Å². The smallest absolute Gasteiger partial charge is 0.139 e. The fourth-order valence-electron chi connectivity index (χ4n) is 1.82. The Bertz CT molecular complexity index is 569. The molecule has 2 aromatic rings. The lowest BCUT2D eigenvalue weighted by atomic mass is 10.3. The summed E-state index contributed by atoms with van der Waals surface area (Å²) in [6.45, 7) is 5.47. The van der Waals surface area contributed by atoms with Crippen LogP contribution in [0.1, 0.15) is 25.2 Å². The van der Waals surface area contributed by atoms with E-state index in [1.807, 2.05) is 22.9 Å². The molecule has 0 aliphatic carbocycles. The van der Waals surface area contributed by atoms with Gasteiger partial charge >= 0.3 is 0 Å². The fourth-order valence-corrected chi connectivity index (χ4v) is 2.33. The van der Waals surface area contributed by atoms with E-state index < -0.39 is 0 Å².